The van der Waals surface area contributed by atoms with Crippen molar-refractivity contribution in [3.05, 3.63) is 33.8 Å². The minimum atomic E-state index is -0.0892. The number of nitrogens with two attached hydrogens (primary N) is 1. The van der Waals surface area contributed by atoms with Gasteiger partial charge in [-0.05, 0) is 31.5 Å². The maximum absolute atomic E-state index is 11.7. The Morgan fingerprint density at radius 3 is 2.69 bits per heavy atom. The monoisotopic (exact) mass is 306 g/mol. The topological polar surface area (TPSA) is 55.1 Å². The van der Waals surface area contributed by atoms with Crippen LogP contribution in [0.4, 0.5) is 0 Å². The molecule has 1 aromatic rings. The Morgan fingerprint density at radius 1 is 1.56 bits per heavy atom. The molecule has 0 unspecified atom stereocenters. The van der Waals surface area contributed by atoms with Crippen molar-refractivity contribution in [3.63, 3.8) is 0 Å². The average Bonchev–Trinajstić information content (AvgIpc) is 2.21. The highest BCUT2D eigenvalue weighted by molar-refractivity contribution is 9.10. The van der Waals surface area contributed by atoms with E-state index in [1.807, 2.05) is 26.0 Å². The molecule has 1 amide bonds. The van der Waals surface area contributed by atoms with Gasteiger partial charge in [0, 0.05) is 22.6 Å². The van der Waals surface area contributed by atoms with Crippen LogP contribution in [0.3, 0.4) is 0 Å². The lowest BCUT2D eigenvalue weighted by Crippen LogP contribution is -2.37. The van der Waals surface area contributed by atoms with Gasteiger partial charge in [0.2, 0.25) is 0 Å². The van der Waals surface area contributed by atoms with Gasteiger partial charge in [-0.2, -0.15) is 0 Å². The molecule has 0 radical (unpaired) electrons. The van der Waals surface area contributed by atoms with Gasteiger partial charge in [0.1, 0.15) is 0 Å². The molecule has 5 heteroatoms. The van der Waals surface area contributed by atoms with E-state index in [9.17, 15) is 4.79 Å². The van der Waals surface area contributed by atoms with E-state index in [-0.39, 0.29) is 24.4 Å². The molecule has 0 aliphatic heterocycles. The van der Waals surface area contributed by atoms with Gasteiger partial charge in [-0.25, -0.2) is 0 Å². The number of halogens is 2. The summed E-state index contributed by atoms with van der Waals surface area (Å²) in [5.41, 5.74) is 7.18. The fraction of sp³-hybridized carbons (Fsp3) is 0.364. The van der Waals surface area contributed by atoms with Crippen LogP contribution in [0.1, 0.15) is 22.8 Å². The van der Waals surface area contributed by atoms with Crippen LogP contribution in [0.15, 0.2) is 22.7 Å². The van der Waals surface area contributed by atoms with Crippen molar-refractivity contribution < 1.29 is 4.79 Å². The first-order chi connectivity index (χ1) is 7.04. The van der Waals surface area contributed by atoms with Crippen LogP contribution in [-0.2, 0) is 0 Å². The molecule has 1 rings (SSSR count). The molecule has 3 N–H and O–H groups in total. The van der Waals surface area contributed by atoms with Crippen LogP contribution in [-0.4, -0.2) is 18.5 Å². The molecule has 0 heterocycles. The molecule has 0 aromatic heterocycles. The van der Waals surface area contributed by atoms with Crippen molar-refractivity contribution in [2.24, 2.45) is 5.73 Å². The van der Waals surface area contributed by atoms with E-state index in [0.29, 0.717) is 12.1 Å². The Morgan fingerprint density at radius 2 is 2.19 bits per heavy atom. The second-order valence-electron chi connectivity index (χ2n) is 3.57. The summed E-state index contributed by atoms with van der Waals surface area (Å²) in [7, 11) is 0. The lowest BCUT2D eigenvalue weighted by molar-refractivity contribution is 0.0941. The molecular weight excluding hydrogens is 291 g/mol. The zero-order valence-electron chi connectivity index (χ0n) is 9.29. The van der Waals surface area contributed by atoms with E-state index in [1.165, 1.54) is 0 Å². The zero-order valence-corrected chi connectivity index (χ0v) is 11.7. The van der Waals surface area contributed by atoms with Gasteiger partial charge in [0.05, 0.1) is 0 Å². The summed E-state index contributed by atoms with van der Waals surface area (Å²) in [6, 6.07) is 5.52. The lowest BCUT2D eigenvalue weighted by Gasteiger charge is -2.11. The van der Waals surface area contributed by atoms with Crippen LogP contribution in [0.5, 0.6) is 0 Å². The number of nitrogens with one attached hydrogen (secondary N) is 1. The summed E-state index contributed by atoms with van der Waals surface area (Å²) in [4.78, 5) is 11.7. The predicted molar refractivity (Wildman–Crippen MR) is 72.1 cm³/mol. The van der Waals surface area contributed by atoms with Crippen LogP contribution < -0.4 is 11.1 Å². The van der Waals surface area contributed by atoms with Gasteiger partial charge in [-0.15, -0.1) is 12.4 Å². The molecule has 0 fully saturated rings. The van der Waals surface area contributed by atoms with Gasteiger partial charge < -0.3 is 11.1 Å². The molecule has 1 aromatic carbocycles. The first kappa shape index (κ1) is 15.4. The third kappa shape index (κ3) is 4.12. The molecule has 0 saturated carbocycles. The summed E-state index contributed by atoms with van der Waals surface area (Å²) in [5.74, 6) is -0.0892. The van der Waals surface area contributed by atoms with Crippen molar-refractivity contribution in [3.8, 4) is 0 Å². The van der Waals surface area contributed by atoms with Crippen LogP contribution in [0.2, 0.25) is 0 Å². The number of carbonyl (C=O) groups is 1. The second-order valence-corrected chi connectivity index (χ2v) is 4.43. The third-order valence-corrected chi connectivity index (χ3v) is 3.02. The van der Waals surface area contributed by atoms with Gasteiger partial charge >= 0.3 is 0 Å². The Balaban J connectivity index is 0.00000225. The highest BCUT2D eigenvalue weighted by Crippen LogP contribution is 2.17. The maximum atomic E-state index is 11.7. The summed E-state index contributed by atoms with van der Waals surface area (Å²) < 4.78 is 0.940. The van der Waals surface area contributed by atoms with Crippen molar-refractivity contribution in [2.45, 2.75) is 19.9 Å². The Hall–Kier alpha value is -0.580. The van der Waals surface area contributed by atoms with E-state index >= 15 is 0 Å². The van der Waals surface area contributed by atoms with E-state index in [2.05, 4.69) is 21.2 Å². The summed E-state index contributed by atoms with van der Waals surface area (Å²) >= 11 is 3.39. The fourth-order valence-electron chi connectivity index (χ4n) is 1.10. The van der Waals surface area contributed by atoms with Crippen LogP contribution in [0.25, 0.3) is 0 Å². The molecule has 3 nitrogen and oxygen atoms in total. The zero-order chi connectivity index (χ0) is 11.4. The standard InChI is InChI=1S/C11H15BrN2O.ClH/c1-7-3-4-9(5-10(7)12)11(15)14-8(2)6-13;/h3-5,8H,6,13H2,1-2H3,(H,14,15);1H/t8-;/m1./s1. The first-order valence-electron chi connectivity index (χ1n) is 4.81. The summed E-state index contributed by atoms with van der Waals surface area (Å²) in [5, 5.41) is 2.81. The lowest BCUT2D eigenvalue weighted by atomic mass is 10.1. The molecular formula is C11H16BrClN2O. The number of benzene rings is 1. The molecule has 90 valence electrons. The molecule has 0 aliphatic rings. The number of hydrogen-bond donors (Lipinski definition) is 2. The predicted octanol–water partition coefficient (Wildman–Crippen LogP) is 2.26. The molecule has 0 saturated heterocycles. The van der Waals surface area contributed by atoms with Crippen molar-refractivity contribution >= 4 is 34.2 Å². The number of carbonyl (C=O) groups excluding carboxylic acids is 1. The van der Waals surface area contributed by atoms with Crippen LogP contribution in [0, 0.1) is 6.92 Å². The molecule has 1 atom stereocenters. The number of rotatable bonds is 3. The SMILES string of the molecule is Cc1ccc(C(=O)N[C@H](C)CN)cc1Br.Cl. The number of hydrogen-bond acceptors (Lipinski definition) is 2. The van der Waals surface area contributed by atoms with Gasteiger partial charge in [0.15, 0.2) is 0 Å². The van der Waals surface area contributed by atoms with Crippen molar-refractivity contribution in [1.82, 2.24) is 5.32 Å². The highest BCUT2D eigenvalue weighted by atomic mass is 79.9. The van der Waals surface area contributed by atoms with Crippen molar-refractivity contribution in [2.75, 3.05) is 6.54 Å². The number of amides is 1. The Labute approximate surface area is 110 Å². The summed E-state index contributed by atoms with van der Waals surface area (Å²) in [6.45, 7) is 4.30. The third-order valence-electron chi connectivity index (χ3n) is 2.17. The van der Waals surface area contributed by atoms with E-state index in [1.54, 1.807) is 6.07 Å². The minimum absolute atomic E-state index is 0. The largest absolute Gasteiger partial charge is 0.348 e. The second kappa shape index (κ2) is 6.89. The highest BCUT2D eigenvalue weighted by Gasteiger charge is 2.09. The molecule has 0 bridgehead atoms. The fourth-order valence-corrected chi connectivity index (χ4v) is 1.48. The average molecular weight is 308 g/mol. The Kier molecular flexibility index (Phi) is 6.64. The summed E-state index contributed by atoms with van der Waals surface area (Å²) in [6.07, 6.45) is 0. The van der Waals surface area contributed by atoms with E-state index < -0.39 is 0 Å². The van der Waals surface area contributed by atoms with Gasteiger partial charge in [-0.3, -0.25) is 4.79 Å². The van der Waals surface area contributed by atoms with Crippen LogP contribution >= 0.6 is 28.3 Å². The quantitative estimate of drug-likeness (QED) is 0.900. The maximum Gasteiger partial charge on any atom is 0.251 e. The number of aryl methyl sites for hydroxylation is 1. The van der Waals surface area contributed by atoms with Crippen molar-refractivity contribution in [1.29, 1.82) is 0 Å². The normalized spacial score (nSPS) is 11.5. The smallest absolute Gasteiger partial charge is 0.251 e. The molecule has 0 spiro atoms. The Bertz CT molecular complexity index is 371. The van der Waals surface area contributed by atoms with E-state index in [0.717, 1.165) is 10.0 Å². The van der Waals surface area contributed by atoms with Gasteiger partial charge in [-0.1, -0.05) is 22.0 Å². The minimum Gasteiger partial charge on any atom is -0.348 e. The molecule has 16 heavy (non-hydrogen) atoms. The first-order valence-corrected chi connectivity index (χ1v) is 5.61. The molecule has 0 aliphatic carbocycles. The van der Waals surface area contributed by atoms with Gasteiger partial charge in [0.25, 0.3) is 5.91 Å². The van der Waals surface area contributed by atoms with E-state index in [4.69, 9.17) is 5.73 Å².